The lowest BCUT2D eigenvalue weighted by atomic mass is 10.2. The van der Waals surface area contributed by atoms with E-state index in [1.807, 2.05) is 13.8 Å². The molecule has 2 amide bonds. The van der Waals surface area contributed by atoms with Crippen molar-refractivity contribution in [2.75, 3.05) is 6.54 Å². The maximum Gasteiger partial charge on any atom is 0.323 e. The number of carboxylic acid groups (broad SMARTS) is 1. The molecule has 2 N–H and O–H groups in total. The van der Waals surface area contributed by atoms with Crippen LogP contribution in [0.1, 0.15) is 26.0 Å². The zero-order chi connectivity index (χ0) is 14.4. The minimum Gasteiger partial charge on any atom is -0.480 e. The minimum atomic E-state index is -1.02. The Morgan fingerprint density at radius 2 is 2.26 bits per heavy atom. The first-order valence-electron chi connectivity index (χ1n) is 6.18. The van der Waals surface area contributed by atoms with Gasteiger partial charge in [0.2, 0.25) is 0 Å². The summed E-state index contributed by atoms with van der Waals surface area (Å²) in [6.07, 6.45) is 2.34. The van der Waals surface area contributed by atoms with E-state index in [2.05, 4.69) is 10.4 Å². The van der Waals surface area contributed by atoms with Gasteiger partial charge in [-0.3, -0.25) is 9.48 Å². The molecule has 0 radical (unpaired) electrons. The van der Waals surface area contributed by atoms with Crippen LogP contribution in [0.25, 0.3) is 0 Å². The highest BCUT2D eigenvalue weighted by Gasteiger charge is 2.21. The SMILES string of the molecule is CCC(C)N(CC(=O)O)C(=O)NCc1ccnn1C. The average Bonchev–Trinajstić information content (AvgIpc) is 2.77. The number of aliphatic carboxylic acids is 1. The lowest BCUT2D eigenvalue weighted by Crippen LogP contribution is -2.47. The Balaban J connectivity index is 2.61. The second-order valence-electron chi connectivity index (χ2n) is 4.38. The lowest BCUT2D eigenvalue weighted by molar-refractivity contribution is -0.138. The average molecular weight is 268 g/mol. The zero-order valence-electron chi connectivity index (χ0n) is 11.5. The van der Waals surface area contributed by atoms with E-state index in [0.717, 1.165) is 5.69 Å². The normalized spacial score (nSPS) is 11.9. The number of carbonyl (C=O) groups is 2. The van der Waals surface area contributed by atoms with Crippen LogP contribution < -0.4 is 5.32 Å². The summed E-state index contributed by atoms with van der Waals surface area (Å²) in [7, 11) is 1.78. The molecule has 0 aliphatic rings. The molecule has 1 rings (SSSR count). The van der Waals surface area contributed by atoms with E-state index in [4.69, 9.17) is 5.11 Å². The molecule has 0 aliphatic heterocycles. The first kappa shape index (κ1) is 15.0. The largest absolute Gasteiger partial charge is 0.480 e. The fraction of sp³-hybridized carbons (Fsp3) is 0.583. The van der Waals surface area contributed by atoms with Crippen molar-refractivity contribution in [1.82, 2.24) is 20.0 Å². The van der Waals surface area contributed by atoms with Crippen LogP contribution in [-0.2, 0) is 18.4 Å². The summed E-state index contributed by atoms with van der Waals surface area (Å²) in [5, 5.41) is 15.5. The van der Waals surface area contributed by atoms with E-state index in [0.29, 0.717) is 13.0 Å². The van der Waals surface area contributed by atoms with Gasteiger partial charge in [-0.2, -0.15) is 5.10 Å². The van der Waals surface area contributed by atoms with Gasteiger partial charge >= 0.3 is 12.0 Å². The first-order valence-corrected chi connectivity index (χ1v) is 6.18. The molecular weight excluding hydrogens is 248 g/mol. The number of aromatic nitrogens is 2. The molecule has 1 aromatic rings. The number of carbonyl (C=O) groups excluding carboxylic acids is 1. The van der Waals surface area contributed by atoms with Crippen molar-refractivity contribution < 1.29 is 14.7 Å². The topological polar surface area (TPSA) is 87.5 Å². The van der Waals surface area contributed by atoms with Gasteiger partial charge in [-0.05, 0) is 19.4 Å². The molecule has 1 aromatic heterocycles. The maximum absolute atomic E-state index is 12.0. The molecule has 0 saturated carbocycles. The molecule has 106 valence electrons. The van der Waals surface area contributed by atoms with Crippen molar-refractivity contribution in [2.24, 2.45) is 7.05 Å². The summed E-state index contributed by atoms with van der Waals surface area (Å²) in [5.74, 6) is -1.02. The molecule has 0 fully saturated rings. The Morgan fingerprint density at radius 3 is 2.74 bits per heavy atom. The number of nitrogens with one attached hydrogen (secondary N) is 1. The Morgan fingerprint density at radius 1 is 1.58 bits per heavy atom. The molecule has 0 aromatic carbocycles. The summed E-state index contributed by atoms with van der Waals surface area (Å²) in [4.78, 5) is 24.1. The van der Waals surface area contributed by atoms with Crippen molar-refractivity contribution in [1.29, 1.82) is 0 Å². The van der Waals surface area contributed by atoms with Crippen molar-refractivity contribution >= 4 is 12.0 Å². The number of nitrogens with zero attached hydrogens (tertiary/aromatic N) is 3. The highest BCUT2D eigenvalue weighted by molar-refractivity contribution is 5.80. The van der Waals surface area contributed by atoms with E-state index in [9.17, 15) is 9.59 Å². The first-order chi connectivity index (χ1) is 8.95. The van der Waals surface area contributed by atoms with E-state index in [1.54, 1.807) is 24.0 Å². The monoisotopic (exact) mass is 268 g/mol. The highest BCUT2D eigenvalue weighted by atomic mass is 16.4. The van der Waals surface area contributed by atoms with Crippen molar-refractivity contribution in [3.63, 3.8) is 0 Å². The molecule has 19 heavy (non-hydrogen) atoms. The van der Waals surface area contributed by atoms with Crippen LogP contribution in [0, 0.1) is 0 Å². The van der Waals surface area contributed by atoms with Crippen LogP contribution >= 0.6 is 0 Å². The number of amides is 2. The number of rotatable bonds is 6. The van der Waals surface area contributed by atoms with Crippen LogP contribution in [0.2, 0.25) is 0 Å². The van der Waals surface area contributed by atoms with Gasteiger partial charge in [-0.1, -0.05) is 6.92 Å². The molecule has 7 nitrogen and oxygen atoms in total. The van der Waals surface area contributed by atoms with E-state index in [-0.39, 0.29) is 18.6 Å². The maximum atomic E-state index is 12.0. The van der Waals surface area contributed by atoms with Crippen molar-refractivity contribution in [3.05, 3.63) is 18.0 Å². The Kier molecular flexibility index (Phi) is 5.35. The number of hydrogen-bond donors (Lipinski definition) is 2. The summed E-state index contributed by atoms with van der Waals surface area (Å²) >= 11 is 0. The van der Waals surface area contributed by atoms with Crippen LogP contribution in [0.4, 0.5) is 4.79 Å². The van der Waals surface area contributed by atoms with Crippen LogP contribution in [-0.4, -0.2) is 44.4 Å². The summed E-state index contributed by atoms with van der Waals surface area (Å²) in [5.41, 5.74) is 0.854. The second-order valence-corrected chi connectivity index (χ2v) is 4.38. The van der Waals surface area contributed by atoms with Gasteiger partial charge in [-0.15, -0.1) is 0 Å². The number of urea groups is 1. The molecule has 0 aliphatic carbocycles. The highest BCUT2D eigenvalue weighted by Crippen LogP contribution is 2.04. The molecule has 1 atom stereocenters. The van der Waals surface area contributed by atoms with Gasteiger partial charge in [-0.25, -0.2) is 4.79 Å². The molecule has 1 heterocycles. The van der Waals surface area contributed by atoms with Gasteiger partial charge in [0, 0.05) is 19.3 Å². The predicted octanol–water partition coefficient (Wildman–Crippen LogP) is 0.815. The van der Waals surface area contributed by atoms with Crippen LogP contribution in [0.3, 0.4) is 0 Å². The lowest BCUT2D eigenvalue weighted by Gasteiger charge is -2.27. The molecule has 1 unspecified atom stereocenters. The van der Waals surface area contributed by atoms with Gasteiger partial charge in [0.1, 0.15) is 6.54 Å². The zero-order valence-corrected chi connectivity index (χ0v) is 11.5. The quantitative estimate of drug-likeness (QED) is 0.799. The fourth-order valence-corrected chi connectivity index (χ4v) is 1.64. The third kappa shape index (κ3) is 4.27. The predicted molar refractivity (Wildman–Crippen MR) is 69.5 cm³/mol. The summed E-state index contributed by atoms with van der Waals surface area (Å²) in [6.45, 7) is 3.76. The minimum absolute atomic E-state index is 0.123. The molecule has 0 spiro atoms. The summed E-state index contributed by atoms with van der Waals surface area (Å²) < 4.78 is 1.66. The van der Waals surface area contributed by atoms with Gasteiger partial charge in [0.15, 0.2) is 0 Å². The summed E-state index contributed by atoms with van der Waals surface area (Å²) in [6, 6.07) is 1.30. The Hall–Kier alpha value is -2.05. The second kappa shape index (κ2) is 6.77. The molecule has 7 heteroatoms. The fourth-order valence-electron chi connectivity index (χ4n) is 1.64. The van der Waals surface area contributed by atoms with E-state index >= 15 is 0 Å². The third-order valence-corrected chi connectivity index (χ3v) is 3.03. The molecular formula is C12H20N4O3. The molecule has 0 saturated heterocycles. The van der Waals surface area contributed by atoms with Crippen LogP contribution in [0.15, 0.2) is 12.3 Å². The van der Waals surface area contributed by atoms with E-state index in [1.165, 1.54) is 4.90 Å². The van der Waals surface area contributed by atoms with Gasteiger partial charge in [0.05, 0.1) is 12.2 Å². The van der Waals surface area contributed by atoms with Crippen LogP contribution in [0.5, 0.6) is 0 Å². The Bertz CT molecular complexity index is 444. The number of carboxylic acids is 1. The smallest absolute Gasteiger partial charge is 0.323 e. The van der Waals surface area contributed by atoms with E-state index < -0.39 is 5.97 Å². The number of aryl methyl sites for hydroxylation is 1. The third-order valence-electron chi connectivity index (χ3n) is 3.03. The number of hydrogen-bond acceptors (Lipinski definition) is 3. The van der Waals surface area contributed by atoms with Gasteiger partial charge < -0.3 is 15.3 Å². The standard InChI is InChI=1S/C12H20N4O3/c1-4-9(2)16(8-11(17)18)12(19)13-7-10-5-6-14-15(10)3/h5-6,9H,4,7-8H2,1-3H3,(H,13,19)(H,17,18). The van der Waals surface area contributed by atoms with Gasteiger partial charge in [0.25, 0.3) is 0 Å². The Labute approximate surface area is 112 Å². The van der Waals surface area contributed by atoms with Crippen molar-refractivity contribution in [2.45, 2.75) is 32.9 Å². The molecule has 0 bridgehead atoms. The van der Waals surface area contributed by atoms with Crippen molar-refractivity contribution in [3.8, 4) is 0 Å².